The molecule has 0 radical (unpaired) electrons. The molecule has 2 heterocycles. The Hall–Kier alpha value is -1.84. The highest BCUT2D eigenvalue weighted by molar-refractivity contribution is 5.93. The van der Waals surface area contributed by atoms with E-state index in [2.05, 4.69) is 10.1 Å². The van der Waals surface area contributed by atoms with E-state index in [1.165, 1.54) is 0 Å². The second-order valence-corrected chi connectivity index (χ2v) is 4.56. The number of aliphatic hydroxyl groups is 1. The molecule has 122 valence electrons. The van der Waals surface area contributed by atoms with E-state index >= 15 is 0 Å². The van der Waals surface area contributed by atoms with Crippen molar-refractivity contribution in [2.75, 3.05) is 5.01 Å². The standard InChI is InChI=1S/C12H11F6N3O/c13-8(14)4-6-9(11(17)18)20-21(12(6)22)5-1-2-19-7(3-5)10(15)16/h1-3,6,8,10-12,22H,4H2. The van der Waals surface area contributed by atoms with Gasteiger partial charge in [0.25, 0.3) is 12.9 Å². The predicted molar refractivity (Wildman–Crippen MR) is 65.2 cm³/mol. The largest absolute Gasteiger partial charge is 0.371 e. The number of aromatic nitrogens is 1. The smallest absolute Gasteiger partial charge is 0.280 e. The van der Waals surface area contributed by atoms with E-state index < -0.39 is 49.2 Å². The van der Waals surface area contributed by atoms with Gasteiger partial charge in [0, 0.05) is 12.6 Å². The summed E-state index contributed by atoms with van der Waals surface area (Å²) in [7, 11) is 0. The lowest BCUT2D eigenvalue weighted by atomic mass is 9.98. The summed E-state index contributed by atoms with van der Waals surface area (Å²) in [5.41, 5.74) is -1.67. The minimum atomic E-state index is -3.14. The number of hydrogen-bond donors (Lipinski definition) is 1. The van der Waals surface area contributed by atoms with E-state index in [-0.39, 0.29) is 5.69 Å². The lowest BCUT2D eigenvalue weighted by Gasteiger charge is -2.23. The average Bonchev–Trinajstić information content (AvgIpc) is 2.76. The molecule has 0 spiro atoms. The van der Waals surface area contributed by atoms with Crippen LogP contribution in [0, 0.1) is 5.92 Å². The molecule has 2 unspecified atom stereocenters. The van der Waals surface area contributed by atoms with Gasteiger partial charge in [-0.25, -0.2) is 31.4 Å². The Balaban J connectivity index is 2.33. The van der Waals surface area contributed by atoms with E-state index in [0.29, 0.717) is 5.01 Å². The summed E-state index contributed by atoms with van der Waals surface area (Å²) < 4.78 is 75.8. The number of rotatable bonds is 5. The molecule has 1 aromatic rings. The van der Waals surface area contributed by atoms with Gasteiger partial charge in [-0.05, 0) is 12.1 Å². The van der Waals surface area contributed by atoms with Gasteiger partial charge in [0.05, 0.1) is 11.6 Å². The molecular weight excluding hydrogens is 316 g/mol. The van der Waals surface area contributed by atoms with Gasteiger partial charge in [-0.2, -0.15) is 5.10 Å². The molecule has 0 aromatic carbocycles. The van der Waals surface area contributed by atoms with Crippen LogP contribution >= 0.6 is 0 Å². The fraction of sp³-hybridized carbons (Fsp3) is 0.500. The Bertz CT molecular complexity index is 553. The zero-order chi connectivity index (χ0) is 16.4. The van der Waals surface area contributed by atoms with E-state index in [4.69, 9.17) is 0 Å². The van der Waals surface area contributed by atoms with Crippen LogP contribution in [0.4, 0.5) is 32.0 Å². The van der Waals surface area contributed by atoms with Crippen LogP contribution in [0.15, 0.2) is 23.4 Å². The lowest BCUT2D eigenvalue weighted by molar-refractivity contribution is 0.0743. The average molecular weight is 327 g/mol. The summed E-state index contributed by atoms with van der Waals surface area (Å²) in [5.74, 6) is -1.58. The monoisotopic (exact) mass is 327 g/mol. The van der Waals surface area contributed by atoms with Crippen molar-refractivity contribution in [2.45, 2.75) is 31.9 Å². The van der Waals surface area contributed by atoms with Gasteiger partial charge in [0.15, 0.2) is 6.23 Å². The molecule has 0 bridgehead atoms. The van der Waals surface area contributed by atoms with Crippen LogP contribution in [-0.2, 0) is 0 Å². The summed E-state index contributed by atoms with van der Waals surface area (Å²) in [4.78, 5) is 3.38. The number of pyridine rings is 1. The summed E-state index contributed by atoms with van der Waals surface area (Å²) in [6.07, 6.45) is -10.8. The van der Waals surface area contributed by atoms with Gasteiger partial charge in [-0.1, -0.05) is 0 Å². The van der Waals surface area contributed by atoms with Gasteiger partial charge in [0.1, 0.15) is 11.4 Å². The Morgan fingerprint density at radius 3 is 2.36 bits per heavy atom. The zero-order valence-corrected chi connectivity index (χ0v) is 10.9. The van der Waals surface area contributed by atoms with Crippen LogP contribution in [-0.4, -0.2) is 34.9 Å². The number of hydrazone groups is 1. The molecule has 2 atom stereocenters. The van der Waals surface area contributed by atoms with E-state index in [0.717, 1.165) is 18.3 Å². The van der Waals surface area contributed by atoms with Crippen molar-refractivity contribution in [3.63, 3.8) is 0 Å². The summed E-state index contributed by atoms with van der Waals surface area (Å²) >= 11 is 0. The van der Waals surface area contributed by atoms with Crippen LogP contribution in [0.1, 0.15) is 18.5 Å². The normalized spacial score (nSPS) is 22.1. The molecule has 2 rings (SSSR count). The van der Waals surface area contributed by atoms with Crippen molar-refractivity contribution < 1.29 is 31.4 Å². The van der Waals surface area contributed by atoms with Crippen molar-refractivity contribution in [3.05, 3.63) is 24.0 Å². The molecule has 0 saturated heterocycles. The predicted octanol–water partition coefficient (Wildman–Crippen LogP) is 3.05. The summed E-state index contributed by atoms with van der Waals surface area (Å²) in [6, 6.07) is 2.01. The first-order chi connectivity index (χ1) is 10.3. The van der Waals surface area contributed by atoms with Crippen LogP contribution in [0.5, 0.6) is 0 Å². The lowest BCUT2D eigenvalue weighted by Crippen LogP contribution is -2.35. The highest BCUT2D eigenvalue weighted by Gasteiger charge is 2.42. The highest BCUT2D eigenvalue weighted by atomic mass is 19.3. The van der Waals surface area contributed by atoms with Gasteiger partial charge in [0.2, 0.25) is 6.43 Å². The number of halogens is 6. The Labute approximate surface area is 121 Å². The van der Waals surface area contributed by atoms with Crippen molar-refractivity contribution in [1.29, 1.82) is 0 Å². The van der Waals surface area contributed by atoms with Crippen LogP contribution in [0.2, 0.25) is 0 Å². The fourth-order valence-corrected chi connectivity index (χ4v) is 2.13. The van der Waals surface area contributed by atoms with Gasteiger partial charge >= 0.3 is 0 Å². The van der Waals surface area contributed by atoms with Crippen molar-refractivity contribution in [3.8, 4) is 0 Å². The van der Waals surface area contributed by atoms with Crippen molar-refractivity contribution >= 4 is 11.4 Å². The third-order valence-corrected chi connectivity index (χ3v) is 3.12. The third kappa shape index (κ3) is 3.32. The first-order valence-electron chi connectivity index (χ1n) is 6.17. The maximum Gasteiger partial charge on any atom is 0.280 e. The van der Waals surface area contributed by atoms with Crippen molar-refractivity contribution in [1.82, 2.24) is 4.98 Å². The molecule has 10 heteroatoms. The maximum atomic E-state index is 12.9. The number of hydrogen-bond acceptors (Lipinski definition) is 4. The highest BCUT2D eigenvalue weighted by Crippen LogP contribution is 2.33. The molecule has 0 fully saturated rings. The van der Waals surface area contributed by atoms with E-state index in [9.17, 15) is 31.4 Å². The van der Waals surface area contributed by atoms with Crippen molar-refractivity contribution in [2.24, 2.45) is 11.0 Å². The number of aliphatic hydroxyl groups excluding tert-OH is 1. The molecule has 0 amide bonds. The molecule has 1 aromatic heterocycles. The first-order valence-corrected chi connectivity index (χ1v) is 6.17. The maximum absolute atomic E-state index is 12.9. The molecule has 0 aliphatic carbocycles. The minimum Gasteiger partial charge on any atom is -0.371 e. The summed E-state index contributed by atoms with van der Waals surface area (Å²) in [6.45, 7) is 0. The van der Waals surface area contributed by atoms with E-state index in [1.807, 2.05) is 0 Å². The quantitative estimate of drug-likeness (QED) is 0.846. The number of anilines is 1. The first kappa shape index (κ1) is 16.5. The Morgan fingerprint density at radius 1 is 1.14 bits per heavy atom. The molecular formula is C12H11F6N3O. The Morgan fingerprint density at radius 2 is 1.82 bits per heavy atom. The number of nitrogens with zero attached hydrogens (tertiary/aromatic N) is 3. The van der Waals surface area contributed by atoms with Crippen LogP contribution in [0.3, 0.4) is 0 Å². The molecule has 1 aliphatic rings. The van der Waals surface area contributed by atoms with Crippen LogP contribution in [0.25, 0.3) is 0 Å². The SMILES string of the molecule is OC1C(CC(F)F)C(C(F)F)=NN1c1ccnc(C(F)F)c1. The molecule has 0 saturated carbocycles. The Kier molecular flexibility index (Phi) is 4.89. The second-order valence-electron chi connectivity index (χ2n) is 4.56. The van der Waals surface area contributed by atoms with E-state index in [1.54, 1.807) is 0 Å². The molecule has 1 N–H and O–H groups in total. The fourth-order valence-electron chi connectivity index (χ4n) is 2.13. The molecule has 4 nitrogen and oxygen atoms in total. The van der Waals surface area contributed by atoms with Gasteiger partial charge < -0.3 is 5.11 Å². The van der Waals surface area contributed by atoms with Crippen LogP contribution < -0.4 is 5.01 Å². The third-order valence-electron chi connectivity index (χ3n) is 3.12. The topological polar surface area (TPSA) is 48.7 Å². The number of alkyl halides is 6. The molecule has 1 aliphatic heterocycles. The van der Waals surface area contributed by atoms with Gasteiger partial charge in [-0.3, -0.25) is 4.98 Å². The van der Waals surface area contributed by atoms with Gasteiger partial charge in [-0.15, -0.1) is 0 Å². The molecule has 22 heavy (non-hydrogen) atoms. The second kappa shape index (κ2) is 6.51. The minimum absolute atomic E-state index is 0.132. The zero-order valence-electron chi connectivity index (χ0n) is 10.9. The summed E-state index contributed by atoms with van der Waals surface area (Å²) in [5, 5.41) is 14.0.